The highest BCUT2D eigenvalue weighted by molar-refractivity contribution is 5.57. The summed E-state index contributed by atoms with van der Waals surface area (Å²) in [5.74, 6) is 2.43. The second-order valence-corrected chi connectivity index (χ2v) is 6.82. The van der Waals surface area contributed by atoms with E-state index in [1.807, 2.05) is 48.3 Å². The SMILES string of the molecule is Cn1cc([C@@H]2CN(Cc3ccc(-c4ccccc4)o3)C[C@H]2CO)cn1. The summed E-state index contributed by atoms with van der Waals surface area (Å²) >= 11 is 0. The van der Waals surface area contributed by atoms with Crippen molar-refractivity contribution in [1.82, 2.24) is 14.7 Å². The van der Waals surface area contributed by atoms with E-state index in [0.29, 0.717) is 5.92 Å². The minimum Gasteiger partial charge on any atom is -0.460 e. The van der Waals surface area contributed by atoms with Gasteiger partial charge in [-0.1, -0.05) is 30.3 Å². The first-order chi connectivity index (χ1) is 12.2. The van der Waals surface area contributed by atoms with Gasteiger partial charge in [0.25, 0.3) is 0 Å². The lowest BCUT2D eigenvalue weighted by Gasteiger charge is -2.13. The van der Waals surface area contributed by atoms with Crippen molar-refractivity contribution < 1.29 is 9.52 Å². The van der Waals surface area contributed by atoms with Crippen LogP contribution in [0.25, 0.3) is 11.3 Å². The van der Waals surface area contributed by atoms with Crippen molar-refractivity contribution >= 4 is 0 Å². The number of likely N-dealkylation sites (tertiary alicyclic amines) is 1. The van der Waals surface area contributed by atoms with Gasteiger partial charge >= 0.3 is 0 Å². The molecule has 2 aromatic heterocycles. The Morgan fingerprint density at radius 1 is 1.16 bits per heavy atom. The zero-order valence-corrected chi connectivity index (χ0v) is 14.4. The second-order valence-electron chi connectivity index (χ2n) is 6.82. The minimum atomic E-state index is 0.198. The summed E-state index contributed by atoms with van der Waals surface area (Å²) in [6, 6.07) is 14.2. The normalized spacial score (nSPS) is 21.0. The molecule has 3 heterocycles. The van der Waals surface area contributed by atoms with Crippen molar-refractivity contribution in [1.29, 1.82) is 0 Å². The molecule has 0 bridgehead atoms. The number of aliphatic hydroxyl groups excluding tert-OH is 1. The molecule has 1 N–H and O–H groups in total. The van der Waals surface area contributed by atoms with Gasteiger partial charge in [-0.25, -0.2) is 0 Å². The van der Waals surface area contributed by atoms with Crippen LogP contribution in [0.15, 0.2) is 59.3 Å². The Balaban J connectivity index is 1.46. The van der Waals surface area contributed by atoms with Gasteiger partial charge in [-0.05, 0) is 17.7 Å². The Bertz CT molecular complexity index is 824. The van der Waals surface area contributed by atoms with E-state index in [0.717, 1.165) is 36.7 Å². The minimum absolute atomic E-state index is 0.198. The molecule has 0 radical (unpaired) electrons. The number of hydrogen-bond acceptors (Lipinski definition) is 4. The van der Waals surface area contributed by atoms with E-state index in [9.17, 15) is 5.11 Å². The molecule has 5 heteroatoms. The zero-order valence-electron chi connectivity index (χ0n) is 14.4. The lowest BCUT2D eigenvalue weighted by atomic mass is 9.92. The Kier molecular flexibility index (Phi) is 4.42. The van der Waals surface area contributed by atoms with Crippen molar-refractivity contribution in [3.63, 3.8) is 0 Å². The Labute approximate surface area is 147 Å². The molecular weight excluding hydrogens is 314 g/mol. The molecule has 4 rings (SSSR count). The molecule has 25 heavy (non-hydrogen) atoms. The predicted molar refractivity (Wildman–Crippen MR) is 95.9 cm³/mol. The number of hydrogen-bond donors (Lipinski definition) is 1. The van der Waals surface area contributed by atoms with Gasteiger partial charge in [0.05, 0.1) is 12.7 Å². The summed E-state index contributed by atoms with van der Waals surface area (Å²) in [6.07, 6.45) is 3.97. The first kappa shape index (κ1) is 16.1. The molecule has 0 amide bonds. The van der Waals surface area contributed by atoms with E-state index in [1.54, 1.807) is 0 Å². The maximum absolute atomic E-state index is 9.76. The van der Waals surface area contributed by atoms with Gasteiger partial charge in [0.15, 0.2) is 0 Å². The number of aromatic nitrogens is 2. The molecule has 0 saturated carbocycles. The van der Waals surface area contributed by atoms with Gasteiger partial charge < -0.3 is 9.52 Å². The van der Waals surface area contributed by atoms with Crippen LogP contribution in [0.3, 0.4) is 0 Å². The average molecular weight is 337 g/mol. The third-order valence-electron chi connectivity index (χ3n) is 5.00. The fourth-order valence-electron chi connectivity index (χ4n) is 3.72. The summed E-state index contributed by atoms with van der Waals surface area (Å²) in [5, 5.41) is 14.0. The second kappa shape index (κ2) is 6.86. The smallest absolute Gasteiger partial charge is 0.134 e. The lowest BCUT2D eigenvalue weighted by molar-refractivity contribution is 0.211. The van der Waals surface area contributed by atoms with Gasteiger partial charge in [-0.3, -0.25) is 9.58 Å². The van der Waals surface area contributed by atoms with Crippen LogP contribution >= 0.6 is 0 Å². The number of furan rings is 1. The van der Waals surface area contributed by atoms with Crippen molar-refractivity contribution in [2.45, 2.75) is 12.5 Å². The topological polar surface area (TPSA) is 54.4 Å². The van der Waals surface area contributed by atoms with Crippen molar-refractivity contribution in [3.8, 4) is 11.3 Å². The summed E-state index contributed by atoms with van der Waals surface area (Å²) in [4.78, 5) is 2.35. The molecule has 1 aliphatic heterocycles. The molecule has 1 aromatic carbocycles. The highest BCUT2D eigenvalue weighted by Crippen LogP contribution is 2.33. The molecule has 0 unspecified atom stereocenters. The first-order valence-electron chi connectivity index (χ1n) is 8.69. The van der Waals surface area contributed by atoms with Crippen LogP contribution in [-0.2, 0) is 13.6 Å². The molecule has 5 nitrogen and oxygen atoms in total. The summed E-state index contributed by atoms with van der Waals surface area (Å²) in [7, 11) is 1.93. The van der Waals surface area contributed by atoms with Crippen LogP contribution in [0.5, 0.6) is 0 Å². The number of benzene rings is 1. The largest absolute Gasteiger partial charge is 0.460 e. The molecule has 3 aromatic rings. The quantitative estimate of drug-likeness (QED) is 0.778. The summed E-state index contributed by atoms with van der Waals surface area (Å²) in [6.45, 7) is 2.75. The van der Waals surface area contributed by atoms with Gasteiger partial charge in [-0.15, -0.1) is 0 Å². The van der Waals surface area contributed by atoms with E-state index in [2.05, 4.69) is 28.3 Å². The highest BCUT2D eigenvalue weighted by atomic mass is 16.3. The van der Waals surface area contributed by atoms with Crippen LogP contribution < -0.4 is 0 Å². The van der Waals surface area contributed by atoms with Crippen LogP contribution in [0.2, 0.25) is 0 Å². The van der Waals surface area contributed by atoms with Crippen molar-refractivity contribution in [2.75, 3.05) is 19.7 Å². The molecule has 0 spiro atoms. The molecule has 1 aliphatic rings. The molecule has 1 saturated heterocycles. The van der Waals surface area contributed by atoms with E-state index in [-0.39, 0.29) is 12.5 Å². The summed E-state index contributed by atoms with van der Waals surface area (Å²) in [5.41, 5.74) is 2.30. The van der Waals surface area contributed by atoms with E-state index in [1.165, 1.54) is 5.56 Å². The monoisotopic (exact) mass is 337 g/mol. The lowest BCUT2D eigenvalue weighted by Crippen LogP contribution is -2.20. The Hall–Kier alpha value is -2.37. The predicted octanol–water partition coefficient (Wildman–Crippen LogP) is 2.89. The maximum atomic E-state index is 9.76. The summed E-state index contributed by atoms with van der Waals surface area (Å²) < 4.78 is 7.85. The van der Waals surface area contributed by atoms with Crippen LogP contribution in [0.1, 0.15) is 17.2 Å². The number of rotatable bonds is 5. The van der Waals surface area contributed by atoms with E-state index in [4.69, 9.17) is 4.42 Å². The van der Waals surface area contributed by atoms with Crippen molar-refractivity contribution in [2.24, 2.45) is 13.0 Å². The number of aliphatic hydroxyl groups is 1. The molecule has 0 aliphatic carbocycles. The molecule has 130 valence electrons. The van der Waals surface area contributed by atoms with Gasteiger partial charge in [-0.2, -0.15) is 5.10 Å². The first-order valence-corrected chi connectivity index (χ1v) is 8.69. The highest BCUT2D eigenvalue weighted by Gasteiger charge is 2.34. The molecular formula is C20H23N3O2. The third-order valence-corrected chi connectivity index (χ3v) is 5.00. The Morgan fingerprint density at radius 3 is 2.72 bits per heavy atom. The average Bonchev–Trinajstić information content (AvgIpc) is 3.35. The maximum Gasteiger partial charge on any atom is 0.134 e. The van der Waals surface area contributed by atoms with Gasteiger partial charge in [0.1, 0.15) is 11.5 Å². The number of aryl methyl sites for hydroxylation is 1. The molecule has 2 atom stereocenters. The fourth-order valence-corrected chi connectivity index (χ4v) is 3.72. The zero-order chi connectivity index (χ0) is 17.2. The standard InChI is InChI=1S/C20H23N3O2/c1-22-10-16(9-21-22)19-13-23(11-17(19)14-24)12-18-7-8-20(25-18)15-5-3-2-4-6-15/h2-10,17,19,24H,11-14H2,1H3/t17-,19-/m0/s1. The van der Waals surface area contributed by atoms with Crippen molar-refractivity contribution in [3.05, 3.63) is 66.2 Å². The Morgan fingerprint density at radius 2 is 2.00 bits per heavy atom. The molecule has 1 fully saturated rings. The van der Waals surface area contributed by atoms with E-state index >= 15 is 0 Å². The van der Waals surface area contributed by atoms with Gasteiger partial charge in [0, 0.05) is 50.3 Å². The van der Waals surface area contributed by atoms with Crippen LogP contribution in [0, 0.1) is 5.92 Å². The van der Waals surface area contributed by atoms with Gasteiger partial charge in [0.2, 0.25) is 0 Å². The van der Waals surface area contributed by atoms with E-state index < -0.39 is 0 Å². The number of nitrogens with zero attached hydrogens (tertiary/aromatic N) is 3. The van der Waals surface area contributed by atoms with Crippen LogP contribution in [0.4, 0.5) is 0 Å². The van der Waals surface area contributed by atoms with Crippen LogP contribution in [-0.4, -0.2) is 39.5 Å². The fraction of sp³-hybridized carbons (Fsp3) is 0.350. The third kappa shape index (κ3) is 3.38.